The van der Waals surface area contributed by atoms with Gasteiger partial charge in [0.2, 0.25) is 0 Å². The van der Waals surface area contributed by atoms with Gasteiger partial charge in [0, 0.05) is 6.54 Å². The minimum Gasteiger partial charge on any atom is -0.495 e. The Morgan fingerprint density at radius 1 is 1.39 bits per heavy atom. The molecule has 0 aromatic heterocycles. The van der Waals surface area contributed by atoms with Crippen LogP contribution in [-0.2, 0) is 0 Å². The Balaban J connectivity index is 1.93. The molecule has 3 heteroatoms. The number of anilines is 2. The first-order valence-electron chi connectivity index (χ1n) is 6.87. The fraction of sp³-hybridized carbons (Fsp3) is 0.600. The average Bonchev–Trinajstić information content (AvgIpc) is 2.38. The first kappa shape index (κ1) is 13.1. The van der Waals surface area contributed by atoms with E-state index in [1.54, 1.807) is 7.11 Å². The van der Waals surface area contributed by atoms with Crippen LogP contribution in [0.25, 0.3) is 0 Å². The van der Waals surface area contributed by atoms with Gasteiger partial charge in [-0.2, -0.15) is 0 Å². The van der Waals surface area contributed by atoms with Gasteiger partial charge in [-0.05, 0) is 36.8 Å². The Bertz CT molecular complexity index is 392. The van der Waals surface area contributed by atoms with Gasteiger partial charge in [-0.25, -0.2) is 0 Å². The predicted octanol–water partition coefficient (Wildman–Crippen LogP) is 3.52. The number of hydrogen-bond donors (Lipinski definition) is 2. The second-order valence-electron chi connectivity index (χ2n) is 5.44. The van der Waals surface area contributed by atoms with E-state index in [4.69, 9.17) is 10.5 Å². The summed E-state index contributed by atoms with van der Waals surface area (Å²) >= 11 is 0. The summed E-state index contributed by atoms with van der Waals surface area (Å²) in [6, 6.07) is 5.88. The molecule has 2 atom stereocenters. The number of benzene rings is 1. The van der Waals surface area contributed by atoms with E-state index in [0.717, 1.165) is 29.8 Å². The first-order valence-corrected chi connectivity index (χ1v) is 6.87. The van der Waals surface area contributed by atoms with Crippen molar-refractivity contribution in [2.45, 2.75) is 32.6 Å². The molecule has 1 aliphatic rings. The minimum absolute atomic E-state index is 0.712. The molecule has 0 saturated heterocycles. The lowest BCUT2D eigenvalue weighted by Crippen LogP contribution is -2.21. The van der Waals surface area contributed by atoms with E-state index in [0.29, 0.717) is 5.69 Å². The number of rotatable bonds is 4. The molecule has 0 heterocycles. The molecule has 1 fully saturated rings. The van der Waals surface area contributed by atoms with Crippen molar-refractivity contribution in [3.05, 3.63) is 18.2 Å². The standard InChI is InChI=1S/C15H24N2O/c1-11-5-3-6-12(9-11)10-17-13-7-4-8-14(18-2)15(13)16/h4,7-8,11-12,17H,3,5-6,9-10,16H2,1-2H3. The highest BCUT2D eigenvalue weighted by atomic mass is 16.5. The van der Waals surface area contributed by atoms with Crippen LogP contribution in [0.2, 0.25) is 0 Å². The van der Waals surface area contributed by atoms with Crippen molar-refractivity contribution in [1.29, 1.82) is 0 Å². The Labute approximate surface area is 110 Å². The number of nitrogen functional groups attached to an aromatic ring is 1. The molecule has 0 aliphatic heterocycles. The van der Waals surface area contributed by atoms with Crippen molar-refractivity contribution in [2.75, 3.05) is 24.7 Å². The third kappa shape index (κ3) is 3.09. The van der Waals surface area contributed by atoms with Crippen LogP contribution in [0.3, 0.4) is 0 Å². The highest BCUT2D eigenvalue weighted by molar-refractivity contribution is 5.72. The lowest BCUT2D eigenvalue weighted by molar-refractivity contribution is 0.293. The normalized spacial score (nSPS) is 23.7. The Hall–Kier alpha value is -1.38. The molecule has 3 N–H and O–H groups in total. The molecule has 0 amide bonds. The van der Waals surface area contributed by atoms with E-state index in [9.17, 15) is 0 Å². The topological polar surface area (TPSA) is 47.3 Å². The Morgan fingerprint density at radius 3 is 2.94 bits per heavy atom. The van der Waals surface area contributed by atoms with Crippen LogP contribution in [0.5, 0.6) is 5.75 Å². The van der Waals surface area contributed by atoms with E-state index < -0.39 is 0 Å². The number of methoxy groups -OCH3 is 1. The molecule has 18 heavy (non-hydrogen) atoms. The molecule has 1 saturated carbocycles. The van der Waals surface area contributed by atoms with Crippen LogP contribution >= 0.6 is 0 Å². The summed E-state index contributed by atoms with van der Waals surface area (Å²) in [6.45, 7) is 3.37. The van der Waals surface area contributed by atoms with Gasteiger partial charge in [-0.3, -0.25) is 0 Å². The monoisotopic (exact) mass is 248 g/mol. The van der Waals surface area contributed by atoms with Gasteiger partial charge in [0.25, 0.3) is 0 Å². The summed E-state index contributed by atoms with van der Waals surface area (Å²) in [6.07, 6.45) is 5.41. The van der Waals surface area contributed by atoms with E-state index in [2.05, 4.69) is 12.2 Å². The summed E-state index contributed by atoms with van der Waals surface area (Å²) in [4.78, 5) is 0. The van der Waals surface area contributed by atoms with Crippen LogP contribution in [0.15, 0.2) is 18.2 Å². The van der Waals surface area contributed by atoms with Gasteiger partial charge < -0.3 is 15.8 Å². The molecule has 1 aromatic carbocycles. The Kier molecular flexibility index (Phi) is 4.34. The van der Waals surface area contributed by atoms with Crippen LogP contribution in [-0.4, -0.2) is 13.7 Å². The van der Waals surface area contributed by atoms with E-state index in [-0.39, 0.29) is 0 Å². The molecule has 0 spiro atoms. The maximum Gasteiger partial charge on any atom is 0.143 e. The van der Waals surface area contributed by atoms with Crippen molar-refractivity contribution >= 4 is 11.4 Å². The highest BCUT2D eigenvalue weighted by Gasteiger charge is 2.18. The van der Waals surface area contributed by atoms with Gasteiger partial charge in [-0.15, -0.1) is 0 Å². The SMILES string of the molecule is COc1cccc(NCC2CCCC(C)C2)c1N. The van der Waals surface area contributed by atoms with Crippen LogP contribution in [0.4, 0.5) is 11.4 Å². The minimum atomic E-state index is 0.712. The van der Waals surface area contributed by atoms with Gasteiger partial charge in [0.05, 0.1) is 18.5 Å². The van der Waals surface area contributed by atoms with E-state index in [1.165, 1.54) is 25.7 Å². The quantitative estimate of drug-likeness (QED) is 0.801. The van der Waals surface area contributed by atoms with Gasteiger partial charge in [-0.1, -0.05) is 25.8 Å². The van der Waals surface area contributed by atoms with Crippen molar-refractivity contribution in [2.24, 2.45) is 11.8 Å². The molecule has 100 valence electrons. The zero-order valence-corrected chi connectivity index (χ0v) is 11.4. The number of para-hydroxylation sites is 1. The lowest BCUT2D eigenvalue weighted by Gasteiger charge is -2.27. The van der Waals surface area contributed by atoms with E-state index in [1.807, 2.05) is 18.2 Å². The van der Waals surface area contributed by atoms with Gasteiger partial charge >= 0.3 is 0 Å². The zero-order valence-electron chi connectivity index (χ0n) is 11.4. The summed E-state index contributed by atoms with van der Waals surface area (Å²) in [7, 11) is 1.65. The number of nitrogens with one attached hydrogen (secondary N) is 1. The smallest absolute Gasteiger partial charge is 0.143 e. The molecule has 1 aromatic rings. The van der Waals surface area contributed by atoms with Crippen molar-refractivity contribution in [3.8, 4) is 5.75 Å². The second-order valence-corrected chi connectivity index (χ2v) is 5.44. The third-order valence-corrected chi connectivity index (χ3v) is 3.91. The number of hydrogen-bond acceptors (Lipinski definition) is 3. The lowest BCUT2D eigenvalue weighted by atomic mass is 9.82. The van der Waals surface area contributed by atoms with Crippen molar-refractivity contribution in [3.63, 3.8) is 0 Å². The van der Waals surface area contributed by atoms with Crippen molar-refractivity contribution < 1.29 is 4.74 Å². The molecular formula is C15H24N2O. The molecule has 1 aliphatic carbocycles. The second kappa shape index (κ2) is 5.98. The summed E-state index contributed by atoms with van der Waals surface area (Å²) in [5.74, 6) is 2.39. The fourth-order valence-electron chi connectivity index (χ4n) is 2.88. The summed E-state index contributed by atoms with van der Waals surface area (Å²) in [5, 5.41) is 3.47. The maximum absolute atomic E-state index is 6.05. The van der Waals surface area contributed by atoms with Gasteiger partial charge in [0.15, 0.2) is 0 Å². The molecule has 2 unspecified atom stereocenters. The highest BCUT2D eigenvalue weighted by Crippen LogP contribution is 2.31. The van der Waals surface area contributed by atoms with Crippen LogP contribution in [0.1, 0.15) is 32.6 Å². The molecule has 2 rings (SSSR count). The largest absolute Gasteiger partial charge is 0.495 e. The fourth-order valence-corrected chi connectivity index (χ4v) is 2.88. The van der Waals surface area contributed by atoms with Crippen LogP contribution < -0.4 is 15.8 Å². The summed E-state index contributed by atoms with van der Waals surface area (Å²) in [5.41, 5.74) is 7.75. The average molecular weight is 248 g/mol. The predicted molar refractivity (Wildman–Crippen MR) is 77.0 cm³/mol. The van der Waals surface area contributed by atoms with Gasteiger partial charge in [0.1, 0.15) is 5.75 Å². The first-order chi connectivity index (χ1) is 8.70. The van der Waals surface area contributed by atoms with Crippen LogP contribution in [0, 0.1) is 11.8 Å². The number of nitrogens with two attached hydrogens (primary N) is 1. The molecular weight excluding hydrogens is 224 g/mol. The molecule has 0 radical (unpaired) electrons. The van der Waals surface area contributed by atoms with E-state index >= 15 is 0 Å². The number of ether oxygens (including phenoxy) is 1. The molecule has 3 nitrogen and oxygen atoms in total. The zero-order chi connectivity index (χ0) is 13.0. The third-order valence-electron chi connectivity index (χ3n) is 3.91. The van der Waals surface area contributed by atoms with Crippen molar-refractivity contribution in [1.82, 2.24) is 0 Å². The molecule has 0 bridgehead atoms. The Morgan fingerprint density at radius 2 is 2.22 bits per heavy atom. The maximum atomic E-state index is 6.05. The summed E-state index contributed by atoms with van der Waals surface area (Å²) < 4.78 is 5.23.